The van der Waals surface area contributed by atoms with Gasteiger partial charge in [-0.15, -0.1) is 0 Å². The molecule has 0 unspecified atom stereocenters. The zero-order valence-electron chi connectivity index (χ0n) is 28.7. The lowest BCUT2D eigenvalue weighted by molar-refractivity contribution is -0.265. The first-order valence-corrected chi connectivity index (χ1v) is 15.1. The Morgan fingerprint density at radius 2 is 1.13 bits per heavy atom. The SMILES string of the molecule is CC(C)(C)C(=O)OC[C@H]1O[C@@H](N[C@H](C#N)c2ccccc2)[C@H](OC(=O)C(C)(C)C)[C@@H](OC(=O)C(C)(C)C)[C@H]1OC(=O)C(C)(C)C. The maximum absolute atomic E-state index is 13.4. The molecule has 11 nitrogen and oxygen atoms in total. The van der Waals surface area contributed by atoms with Crippen LogP contribution in [0.4, 0.5) is 0 Å². The monoisotopic (exact) mass is 630 g/mol. The highest BCUT2D eigenvalue weighted by atomic mass is 16.7. The van der Waals surface area contributed by atoms with Gasteiger partial charge in [-0.25, -0.2) is 0 Å². The van der Waals surface area contributed by atoms with Gasteiger partial charge in [0.25, 0.3) is 0 Å². The third-order valence-corrected chi connectivity index (χ3v) is 6.78. The van der Waals surface area contributed by atoms with Crippen molar-refractivity contribution in [1.29, 1.82) is 5.26 Å². The maximum Gasteiger partial charge on any atom is 0.311 e. The van der Waals surface area contributed by atoms with Crippen molar-refractivity contribution in [1.82, 2.24) is 5.32 Å². The third-order valence-electron chi connectivity index (χ3n) is 6.78. The minimum Gasteiger partial charge on any atom is -0.462 e. The van der Waals surface area contributed by atoms with Crippen LogP contribution in [0.15, 0.2) is 30.3 Å². The predicted octanol–water partition coefficient (Wildman–Crippen LogP) is 5.03. The molecule has 1 fully saturated rings. The predicted molar refractivity (Wildman–Crippen MR) is 165 cm³/mol. The lowest BCUT2D eigenvalue weighted by Crippen LogP contribution is -2.66. The Morgan fingerprint density at radius 3 is 1.56 bits per heavy atom. The van der Waals surface area contributed by atoms with Gasteiger partial charge in [-0.3, -0.25) is 24.5 Å². The van der Waals surface area contributed by atoms with E-state index >= 15 is 0 Å². The van der Waals surface area contributed by atoms with Gasteiger partial charge in [0.15, 0.2) is 24.5 Å². The van der Waals surface area contributed by atoms with E-state index in [1.165, 1.54) is 0 Å². The highest BCUT2D eigenvalue weighted by Gasteiger charge is 2.55. The Bertz CT molecular complexity index is 1240. The molecule has 0 spiro atoms. The number of rotatable bonds is 8. The summed E-state index contributed by atoms with van der Waals surface area (Å²) < 4.78 is 29.9. The van der Waals surface area contributed by atoms with Crippen LogP contribution in [0.25, 0.3) is 0 Å². The van der Waals surface area contributed by atoms with Gasteiger partial charge in [-0.05, 0) is 88.6 Å². The highest BCUT2D eigenvalue weighted by molar-refractivity contribution is 5.78. The summed E-state index contributed by atoms with van der Waals surface area (Å²) in [5.74, 6) is -2.50. The van der Waals surface area contributed by atoms with E-state index in [-0.39, 0.29) is 6.61 Å². The molecule has 1 aliphatic rings. The van der Waals surface area contributed by atoms with Gasteiger partial charge in [0.1, 0.15) is 18.8 Å². The molecule has 1 N–H and O–H groups in total. The van der Waals surface area contributed by atoms with Crippen molar-refractivity contribution in [2.45, 2.75) is 120 Å². The minimum absolute atomic E-state index is 0.386. The Balaban J connectivity index is 2.74. The highest BCUT2D eigenvalue weighted by Crippen LogP contribution is 2.34. The molecule has 0 aromatic heterocycles. The molecular formula is C34H50N2O9. The van der Waals surface area contributed by atoms with Crippen LogP contribution in [0.1, 0.15) is 94.7 Å². The number of hydrogen-bond donors (Lipinski definition) is 1. The molecule has 11 heteroatoms. The van der Waals surface area contributed by atoms with Crippen molar-refractivity contribution < 1.29 is 42.9 Å². The average molecular weight is 631 g/mol. The van der Waals surface area contributed by atoms with Crippen molar-refractivity contribution in [2.75, 3.05) is 6.61 Å². The summed E-state index contributed by atoms with van der Waals surface area (Å²) in [6.45, 7) is 19.6. The number of carbonyl (C=O) groups is 4. The zero-order valence-corrected chi connectivity index (χ0v) is 28.7. The Kier molecular flexibility index (Phi) is 12.0. The van der Waals surface area contributed by atoms with Gasteiger partial charge in [0.2, 0.25) is 0 Å². The summed E-state index contributed by atoms with van der Waals surface area (Å²) in [6.07, 6.45) is -6.59. The van der Waals surface area contributed by atoms with Crippen LogP contribution < -0.4 is 5.32 Å². The fourth-order valence-electron chi connectivity index (χ4n) is 3.88. The summed E-state index contributed by atoms with van der Waals surface area (Å²) in [7, 11) is 0. The van der Waals surface area contributed by atoms with Gasteiger partial charge in [-0.2, -0.15) is 5.26 Å². The van der Waals surface area contributed by atoms with E-state index in [1.807, 2.05) is 0 Å². The van der Waals surface area contributed by atoms with Gasteiger partial charge >= 0.3 is 23.9 Å². The number of benzene rings is 1. The van der Waals surface area contributed by atoms with Crippen molar-refractivity contribution in [2.24, 2.45) is 21.7 Å². The number of nitrogens with one attached hydrogen (secondary N) is 1. The smallest absolute Gasteiger partial charge is 0.311 e. The van der Waals surface area contributed by atoms with Crippen LogP contribution in [-0.2, 0) is 42.9 Å². The molecular weight excluding hydrogens is 580 g/mol. The van der Waals surface area contributed by atoms with Crippen LogP contribution in [-0.4, -0.2) is 61.1 Å². The molecule has 1 aromatic carbocycles. The van der Waals surface area contributed by atoms with Crippen LogP contribution in [0.3, 0.4) is 0 Å². The van der Waals surface area contributed by atoms with E-state index < -0.39 is 82.2 Å². The fourth-order valence-corrected chi connectivity index (χ4v) is 3.88. The van der Waals surface area contributed by atoms with Crippen molar-refractivity contribution in [3.63, 3.8) is 0 Å². The molecule has 1 saturated heterocycles. The number of ether oxygens (including phenoxy) is 5. The lowest BCUT2D eigenvalue weighted by atomic mass is 9.92. The van der Waals surface area contributed by atoms with Crippen LogP contribution in [0.2, 0.25) is 0 Å². The van der Waals surface area contributed by atoms with E-state index in [4.69, 9.17) is 23.7 Å². The van der Waals surface area contributed by atoms with Crippen molar-refractivity contribution >= 4 is 23.9 Å². The summed E-state index contributed by atoms with van der Waals surface area (Å²) in [4.78, 5) is 52.8. The molecule has 0 radical (unpaired) electrons. The number of esters is 4. The second-order valence-corrected chi connectivity index (χ2v) is 15.4. The molecule has 1 heterocycles. The largest absolute Gasteiger partial charge is 0.462 e. The van der Waals surface area contributed by atoms with E-state index in [0.29, 0.717) is 5.56 Å². The standard InChI is InChI=1S/C34H50N2O9/c1-31(2,3)27(37)41-19-22-23(43-28(38)32(4,5)6)24(44-29(39)33(7,8)9)25(45-30(40)34(10,11)12)26(42-22)36-21(18-35)20-16-14-13-15-17-20/h13-17,21-26,36H,19H2,1-12H3/t21-,22-,23+,24+,25-,26-/m1/s1. The minimum atomic E-state index is -1.41. The van der Waals surface area contributed by atoms with Crippen LogP contribution >= 0.6 is 0 Å². The summed E-state index contributed by atoms with van der Waals surface area (Å²) in [6, 6.07) is 10.1. The molecule has 0 amide bonds. The lowest BCUT2D eigenvalue weighted by Gasteiger charge is -2.46. The van der Waals surface area contributed by atoms with E-state index in [2.05, 4.69) is 11.4 Å². The second-order valence-electron chi connectivity index (χ2n) is 15.4. The van der Waals surface area contributed by atoms with Gasteiger partial charge in [0.05, 0.1) is 27.7 Å². The molecule has 2 rings (SSSR count). The maximum atomic E-state index is 13.4. The Labute approximate surface area is 267 Å². The quantitative estimate of drug-likeness (QED) is 0.304. The summed E-state index contributed by atoms with van der Waals surface area (Å²) in [5.41, 5.74) is -3.20. The third kappa shape index (κ3) is 10.5. The van der Waals surface area contributed by atoms with Gasteiger partial charge in [-0.1, -0.05) is 30.3 Å². The summed E-state index contributed by atoms with van der Waals surface area (Å²) in [5, 5.41) is 13.2. The first-order valence-electron chi connectivity index (χ1n) is 15.1. The molecule has 0 aliphatic carbocycles. The Hall–Kier alpha value is -3.49. The summed E-state index contributed by atoms with van der Waals surface area (Å²) >= 11 is 0. The molecule has 45 heavy (non-hydrogen) atoms. The molecule has 250 valence electrons. The topological polar surface area (TPSA) is 150 Å². The number of nitrogens with zero attached hydrogens (tertiary/aromatic N) is 1. The normalized spacial score (nSPS) is 23.2. The molecule has 1 aromatic rings. The van der Waals surface area contributed by atoms with Crippen LogP contribution in [0, 0.1) is 33.0 Å². The van der Waals surface area contributed by atoms with Crippen molar-refractivity contribution in [3.05, 3.63) is 35.9 Å². The first-order chi connectivity index (χ1) is 20.5. The Morgan fingerprint density at radius 1 is 0.711 bits per heavy atom. The van der Waals surface area contributed by atoms with Gasteiger partial charge in [0, 0.05) is 0 Å². The molecule has 0 saturated carbocycles. The molecule has 6 atom stereocenters. The second kappa shape index (κ2) is 14.3. The van der Waals surface area contributed by atoms with Crippen molar-refractivity contribution in [3.8, 4) is 6.07 Å². The van der Waals surface area contributed by atoms with E-state index in [9.17, 15) is 24.4 Å². The number of hydrogen-bond acceptors (Lipinski definition) is 11. The van der Waals surface area contributed by atoms with E-state index in [0.717, 1.165) is 0 Å². The first kappa shape index (κ1) is 37.7. The molecule has 1 aliphatic heterocycles. The van der Waals surface area contributed by atoms with Gasteiger partial charge < -0.3 is 23.7 Å². The van der Waals surface area contributed by atoms with Crippen LogP contribution in [0.5, 0.6) is 0 Å². The molecule has 0 bridgehead atoms. The number of carbonyl (C=O) groups excluding carboxylic acids is 4. The fraction of sp³-hybridized carbons (Fsp3) is 0.676. The average Bonchev–Trinajstić information content (AvgIpc) is 2.91. The van der Waals surface area contributed by atoms with E-state index in [1.54, 1.807) is 113 Å². The number of nitriles is 1. The zero-order chi connectivity index (χ0) is 34.5.